The highest BCUT2D eigenvalue weighted by molar-refractivity contribution is 7.89. The summed E-state index contributed by atoms with van der Waals surface area (Å²) in [6.07, 6.45) is 2.95. The molecule has 0 aliphatic carbocycles. The van der Waals surface area contributed by atoms with E-state index in [2.05, 4.69) is 6.58 Å². The third-order valence-electron chi connectivity index (χ3n) is 2.13. The van der Waals surface area contributed by atoms with Crippen LogP contribution >= 0.6 is 0 Å². The average Bonchev–Trinajstić information content (AvgIpc) is 2.28. The van der Waals surface area contributed by atoms with Crippen LogP contribution in [-0.2, 0) is 10.0 Å². The molecule has 7 heteroatoms. The SMILES string of the molecule is C=CCCCOc1ccc(S(N)(=O)=O)c(F)c1F. The molecule has 18 heavy (non-hydrogen) atoms. The molecule has 1 rings (SSSR count). The Morgan fingerprint density at radius 1 is 1.33 bits per heavy atom. The largest absolute Gasteiger partial charge is 0.490 e. The van der Waals surface area contributed by atoms with E-state index >= 15 is 0 Å². The van der Waals surface area contributed by atoms with Gasteiger partial charge in [-0.2, -0.15) is 4.39 Å². The fourth-order valence-corrected chi connectivity index (χ4v) is 1.85. The number of nitrogens with two attached hydrogens (primary N) is 1. The summed E-state index contributed by atoms with van der Waals surface area (Å²) >= 11 is 0. The maximum Gasteiger partial charge on any atom is 0.241 e. The van der Waals surface area contributed by atoms with Gasteiger partial charge in [0.25, 0.3) is 0 Å². The lowest BCUT2D eigenvalue weighted by molar-refractivity contribution is 0.289. The minimum Gasteiger partial charge on any atom is -0.490 e. The molecule has 0 fully saturated rings. The molecule has 0 saturated heterocycles. The first-order valence-corrected chi connectivity index (χ1v) is 6.67. The maximum absolute atomic E-state index is 13.5. The molecule has 0 atom stereocenters. The molecule has 0 aliphatic rings. The Kier molecular flexibility index (Phi) is 4.80. The minimum absolute atomic E-state index is 0.178. The summed E-state index contributed by atoms with van der Waals surface area (Å²) in [7, 11) is -4.29. The number of allylic oxidation sites excluding steroid dienone is 1. The average molecular weight is 277 g/mol. The highest BCUT2D eigenvalue weighted by atomic mass is 32.2. The van der Waals surface area contributed by atoms with Crippen molar-refractivity contribution in [3.63, 3.8) is 0 Å². The van der Waals surface area contributed by atoms with Crippen LogP contribution in [0.2, 0.25) is 0 Å². The van der Waals surface area contributed by atoms with Crippen LogP contribution in [0.1, 0.15) is 12.8 Å². The fourth-order valence-electron chi connectivity index (χ4n) is 1.26. The van der Waals surface area contributed by atoms with Crippen LogP contribution in [0.15, 0.2) is 29.7 Å². The number of hydrogen-bond donors (Lipinski definition) is 1. The van der Waals surface area contributed by atoms with Gasteiger partial charge in [-0.1, -0.05) is 6.08 Å². The van der Waals surface area contributed by atoms with E-state index in [9.17, 15) is 17.2 Å². The Bertz CT molecular complexity index is 543. The molecule has 2 N–H and O–H groups in total. The summed E-state index contributed by atoms with van der Waals surface area (Å²) in [5.41, 5.74) is 0. The van der Waals surface area contributed by atoms with Crippen molar-refractivity contribution in [3.05, 3.63) is 36.4 Å². The molecule has 0 saturated carbocycles. The van der Waals surface area contributed by atoms with Gasteiger partial charge in [-0.05, 0) is 25.0 Å². The second-order valence-electron chi connectivity index (χ2n) is 3.51. The third kappa shape index (κ3) is 3.51. The molecule has 0 amide bonds. The summed E-state index contributed by atoms with van der Waals surface area (Å²) < 4.78 is 53.7. The molecule has 0 spiro atoms. The molecule has 0 bridgehead atoms. The highest BCUT2D eigenvalue weighted by Gasteiger charge is 2.21. The normalized spacial score (nSPS) is 11.3. The van der Waals surface area contributed by atoms with E-state index in [0.29, 0.717) is 12.8 Å². The number of unbranched alkanes of at least 4 members (excludes halogenated alkanes) is 1. The van der Waals surface area contributed by atoms with E-state index in [1.165, 1.54) is 0 Å². The number of rotatable bonds is 6. The lowest BCUT2D eigenvalue weighted by Gasteiger charge is -2.08. The maximum atomic E-state index is 13.5. The lowest BCUT2D eigenvalue weighted by atomic mass is 10.3. The Balaban J connectivity index is 2.91. The van der Waals surface area contributed by atoms with Gasteiger partial charge in [0.15, 0.2) is 11.6 Å². The molecule has 4 nitrogen and oxygen atoms in total. The first-order chi connectivity index (χ1) is 8.38. The van der Waals surface area contributed by atoms with E-state index in [1.54, 1.807) is 6.08 Å². The molecule has 0 radical (unpaired) electrons. The molecular formula is C11H13F2NO3S. The smallest absolute Gasteiger partial charge is 0.241 e. The van der Waals surface area contributed by atoms with E-state index in [-0.39, 0.29) is 12.4 Å². The number of sulfonamides is 1. The van der Waals surface area contributed by atoms with Crippen molar-refractivity contribution in [1.82, 2.24) is 0 Å². The summed E-state index contributed by atoms with van der Waals surface area (Å²) in [6.45, 7) is 3.68. The van der Waals surface area contributed by atoms with Gasteiger partial charge in [0.2, 0.25) is 15.8 Å². The van der Waals surface area contributed by atoms with Crippen LogP contribution in [0.5, 0.6) is 5.75 Å². The molecule has 0 heterocycles. The predicted octanol–water partition coefficient (Wildman–Crippen LogP) is 1.96. The standard InChI is InChI=1S/C11H13F2NO3S/c1-2-3-4-7-17-8-5-6-9(18(14,15)16)11(13)10(8)12/h2,5-6H,1,3-4,7H2,(H2,14,15,16). The molecule has 100 valence electrons. The van der Waals surface area contributed by atoms with Crippen molar-refractivity contribution >= 4 is 10.0 Å². The van der Waals surface area contributed by atoms with Crippen LogP contribution in [0, 0.1) is 11.6 Å². The third-order valence-corrected chi connectivity index (χ3v) is 3.06. The predicted molar refractivity (Wildman–Crippen MR) is 62.7 cm³/mol. The number of halogens is 2. The van der Waals surface area contributed by atoms with Gasteiger partial charge in [0.05, 0.1) is 6.61 Å². The van der Waals surface area contributed by atoms with E-state index in [0.717, 1.165) is 12.1 Å². The first-order valence-electron chi connectivity index (χ1n) is 5.12. The van der Waals surface area contributed by atoms with Crippen molar-refractivity contribution in [3.8, 4) is 5.75 Å². The molecule has 1 aromatic carbocycles. The van der Waals surface area contributed by atoms with Gasteiger partial charge in [-0.15, -0.1) is 6.58 Å². The minimum atomic E-state index is -4.29. The Morgan fingerprint density at radius 2 is 2.00 bits per heavy atom. The monoisotopic (exact) mass is 277 g/mol. The summed E-state index contributed by atoms with van der Waals surface area (Å²) in [4.78, 5) is -0.890. The number of ether oxygens (including phenoxy) is 1. The van der Waals surface area contributed by atoms with Crippen molar-refractivity contribution in [1.29, 1.82) is 0 Å². The molecular weight excluding hydrogens is 264 g/mol. The van der Waals surface area contributed by atoms with Gasteiger partial charge in [-0.25, -0.2) is 17.9 Å². The van der Waals surface area contributed by atoms with Crippen molar-refractivity contribution in [2.45, 2.75) is 17.7 Å². The molecule has 0 unspecified atom stereocenters. The number of hydrogen-bond acceptors (Lipinski definition) is 3. The highest BCUT2D eigenvalue weighted by Crippen LogP contribution is 2.25. The van der Waals surface area contributed by atoms with E-state index < -0.39 is 26.6 Å². The summed E-state index contributed by atoms with van der Waals surface area (Å²) in [5.74, 6) is -3.23. The van der Waals surface area contributed by atoms with Gasteiger partial charge in [-0.3, -0.25) is 0 Å². The topological polar surface area (TPSA) is 69.4 Å². The van der Waals surface area contributed by atoms with Gasteiger partial charge >= 0.3 is 0 Å². The van der Waals surface area contributed by atoms with E-state index in [1.807, 2.05) is 0 Å². The van der Waals surface area contributed by atoms with Gasteiger partial charge in [0, 0.05) is 0 Å². The van der Waals surface area contributed by atoms with Crippen LogP contribution < -0.4 is 9.88 Å². The second kappa shape index (κ2) is 5.92. The quantitative estimate of drug-likeness (QED) is 0.638. The zero-order valence-corrected chi connectivity index (χ0v) is 10.3. The van der Waals surface area contributed by atoms with Crippen LogP contribution in [0.3, 0.4) is 0 Å². The first kappa shape index (κ1) is 14.6. The fraction of sp³-hybridized carbons (Fsp3) is 0.273. The Morgan fingerprint density at radius 3 is 2.56 bits per heavy atom. The van der Waals surface area contributed by atoms with Crippen molar-refractivity contribution in [2.24, 2.45) is 5.14 Å². The number of primary sulfonamides is 1. The summed E-state index contributed by atoms with van der Waals surface area (Å²) in [6, 6.07) is 1.91. The van der Waals surface area contributed by atoms with Crippen molar-refractivity contribution in [2.75, 3.05) is 6.61 Å². The van der Waals surface area contributed by atoms with E-state index in [4.69, 9.17) is 9.88 Å². The van der Waals surface area contributed by atoms with Crippen LogP contribution in [-0.4, -0.2) is 15.0 Å². The van der Waals surface area contributed by atoms with Gasteiger partial charge in [0.1, 0.15) is 4.90 Å². The van der Waals surface area contributed by atoms with Crippen molar-refractivity contribution < 1.29 is 21.9 Å². The second-order valence-corrected chi connectivity index (χ2v) is 5.04. The Labute approximate surface area is 104 Å². The van der Waals surface area contributed by atoms with Gasteiger partial charge < -0.3 is 4.74 Å². The lowest BCUT2D eigenvalue weighted by Crippen LogP contribution is -2.15. The van der Waals surface area contributed by atoms with Crippen LogP contribution in [0.4, 0.5) is 8.78 Å². The molecule has 0 aromatic heterocycles. The number of benzene rings is 1. The zero-order valence-electron chi connectivity index (χ0n) is 9.53. The zero-order chi connectivity index (χ0) is 13.8. The van der Waals surface area contributed by atoms with Crippen LogP contribution in [0.25, 0.3) is 0 Å². The molecule has 0 aliphatic heterocycles. The summed E-state index contributed by atoms with van der Waals surface area (Å²) in [5, 5.41) is 4.73. The Hall–Kier alpha value is -1.47. The molecule has 1 aromatic rings.